The van der Waals surface area contributed by atoms with Crippen LogP contribution in [0.1, 0.15) is 35.9 Å². The quantitative estimate of drug-likeness (QED) is 0.856. The third-order valence-electron chi connectivity index (χ3n) is 3.48. The number of carboxylic acids is 1. The number of rotatable bonds is 6. The summed E-state index contributed by atoms with van der Waals surface area (Å²) < 4.78 is 5.07. The maximum absolute atomic E-state index is 12.2. The molecule has 5 nitrogen and oxygen atoms in total. The number of benzene rings is 1. The molecule has 0 radical (unpaired) electrons. The highest BCUT2D eigenvalue weighted by Crippen LogP contribution is 2.29. The number of hydrogen-bond donors (Lipinski definition) is 2. The van der Waals surface area contributed by atoms with Gasteiger partial charge in [-0.1, -0.05) is 37.3 Å². The lowest BCUT2D eigenvalue weighted by molar-refractivity contribution is -0.138. The molecule has 1 amide bonds. The monoisotopic (exact) mass is 287 g/mol. The summed E-state index contributed by atoms with van der Waals surface area (Å²) in [4.78, 5) is 23.5. The highest BCUT2D eigenvalue weighted by Gasteiger charge is 2.35. The van der Waals surface area contributed by atoms with Crippen molar-refractivity contribution in [2.24, 2.45) is 0 Å². The highest BCUT2D eigenvalue weighted by molar-refractivity contribution is 5.92. The van der Waals surface area contributed by atoms with Gasteiger partial charge >= 0.3 is 5.97 Å². The van der Waals surface area contributed by atoms with Crippen LogP contribution in [-0.2, 0) is 10.3 Å². The molecule has 0 saturated carbocycles. The molecule has 1 heterocycles. The maximum Gasteiger partial charge on any atom is 0.306 e. The minimum absolute atomic E-state index is 0.161. The molecular weight excluding hydrogens is 270 g/mol. The minimum atomic E-state index is -0.972. The fraction of sp³-hybridized carbons (Fsp3) is 0.250. The SMILES string of the molecule is CC[C@](CC(=O)O)(NC(=O)c1ccco1)c1ccccc1. The van der Waals surface area contributed by atoms with Crippen molar-refractivity contribution in [3.05, 3.63) is 60.1 Å². The average Bonchev–Trinajstić information content (AvgIpc) is 3.01. The van der Waals surface area contributed by atoms with Crippen molar-refractivity contribution >= 4 is 11.9 Å². The summed E-state index contributed by atoms with van der Waals surface area (Å²) >= 11 is 0. The number of hydrogen-bond acceptors (Lipinski definition) is 3. The van der Waals surface area contributed by atoms with E-state index in [4.69, 9.17) is 4.42 Å². The van der Waals surface area contributed by atoms with Crippen molar-refractivity contribution in [3.8, 4) is 0 Å². The molecule has 110 valence electrons. The first-order chi connectivity index (χ1) is 10.1. The summed E-state index contributed by atoms with van der Waals surface area (Å²) in [7, 11) is 0. The van der Waals surface area contributed by atoms with Gasteiger partial charge in [-0.25, -0.2) is 0 Å². The lowest BCUT2D eigenvalue weighted by atomic mass is 9.84. The van der Waals surface area contributed by atoms with Crippen LogP contribution in [0, 0.1) is 0 Å². The van der Waals surface area contributed by atoms with Crippen LogP contribution in [0.5, 0.6) is 0 Å². The van der Waals surface area contributed by atoms with E-state index in [1.54, 1.807) is 12.1 Å². The molecule has 0 bridgehead atoms. The molecule has 2 N–H and O–H groups in total. The van der Waals surface area contributed by atoms with Gasteiger partial charge in [0, 0.05) is 0 Å². The smallest absolute Gasteiger partial charge is 0.306 e. The van der Waals surface area contributed by atoms with E-state index >= 15 is 0 Å². The normalized spacial score (nSPS) is 13.4. The second-order valence-electron chi connectivity index (χ2n) is 4.80. The molecule has 0 unspecified atom stereocenters. The van der Waals surface area contributed by atoms with Crippen molar-refractivity contribution in [1.82, 2.24) is 5.32 Å². The molecule has 0 aliphatic heterocycles. The van der Waals surface area contributed by atoms with Crippen LogP contribution in [0.2, 0.25) is 0 Å². The first kappa shape index (κ1) is 14.8. The topological polar surface area (TPSA) is 79.5 Å². The van der Waals surface area contributed by atoms with Crippen molar-refractivity contribution in [1.29, 1.82) is 0 Å². The molecule has 0 aliphatic rings. The van der Waals surface area contributed by atoms with E-state index in [-0.39, 0.29) is 12.2 Å². The third-order valence-corrected chi connectivity index (χ3v) is 3.48. The third kappa shape index (κ3) is 3.31. The lowest BCUT2D eigenvalue weighted by Gasteiger charge is -2.32. The van der Waals surface area contributed by atoms with Gasteiger partial charge in [-0.05, 0) is 24.1 Å². The Morgan fingerprint density at radius 1 is 1.19 bits per heavy atom. The summed E-state index contributed by atoms with van der Waals surface area (Å²) in [6.07, 6.45) is 1.66. The zero-order chi connectivity index (χ0) is 15.3. The molecular formula is C16H17NO4. The Hall–Kier alpha value is -2.56. The number of carbonyl (C=O) groups excluding carboxylic acids is 1. The minimum Gasteiger partial charge on any atom is -0.481 e. The van der Waals surface area contributed by atoms with Crippen LogP contribution in [0.3, 0.4) is 0 Å². The Labute approximate surface area is 122 Å². The zero-order valence-corrected chi connectivity index (χ0v) is 11.7. The van der Waals surface area contributed by atoms with E-state index in [0.717, 1.165) is 5.56 Å². The van der Waals surface area contributed by atoms with Crippen molar-refractivity contribution < 1.29 is 19.1 Å². The standard InChI is InChI=1S/C16H17NO4/c1-2-16(11-14(18)19,12-7-4-3-5-8-12)17-15(20)13-9-6-10-21-13/h3-10H,2,11H2,1H3,(H,17,20)(H,18,19)/t16-/m1/s1. The Balaban J connectivity index is 2.35. The molecule has 21 heavy (non-hydrogen) atoms. The van der Waals surface area contributed by atoms with Gasteiger partial charge < -0.3 is 14.8 Å². The molecule has 0 saturated heterocycles. The van der Waals surface area contributed by atoms with Gasteiger partial charge in [-0.2, -0.15) is 0 Å². The number of carboxylic acid groups (broad SMARTS) is 1. The number of amides is 1. The van der Waals surface area contributed by atoms with E-state index in [1.807, 2.05) is 37.3 Å². The van der Waals surface area contributed by atoms with E-state index in [9.17, 15) is 14.7 Å². The van der Waals surface area contributed by atoms with Gasteiger partial charge in [0.15, 0.2) is 5.76 Å². The summed E-state index contributed by atoms with van der Waals surface area (Å²) in [5.41, 5.74) is -0.202. The first-order valence-electron chi connectivity index (χ1n) is 6.71. The predicted molar refractivity (Wildman–Crippen MR) is 76.8 cm³/mol. The average molecular weight is 287 g/mol. The van der Waals surface area contributed by atoms with Crippen LogP contribution < -0.4 is 5.32 Å². The summed E-state index contributed by atoms with van der Waals surface area (Å²) in [6, 6.07) is 12.3. The molecule has 0 fully saturated rings. The van der Waals surface area contributed by atoms with E-state index in [1.165, 1.54) is 6.26 Å². The molecule has 0 aliphatic carbocycles. The summed E-state index contributed by atoms with van der Waals surface area (Å²) in [5.74, 6) is -1.23. The predicted octanol–water partition coefficient (Wildman–Crippen LogP) is 2.79. The maximum atomic E-state index is 12.2. The molecule has 2 rings (SSSR count). The van der Waals surface area contributed by atoms with Crippen LogP contribution in [0.25, 0.3) is 0 Å². The number of nitrogens with one attached hydrogen (secondary N) is 1. The van der Waals surface area contributed by atoms with Gasteiger partial charge in [0.05, 0.1) is 18.2 Å². The molecule has 0 spiro atoms. The zero-order valence-electron chi connectivity index (χ0n) is 11.7. The van der Waals surface area contributed by atoms with Crippen molar-refractivity contribution in [3.63, 3.8) is 0 Å². The number of furan rings is 1. The van der Waals surface area contributed by atoms with E-state index in [2.05, 4.69) is 5.32 Å². The van der Waals surface area contributed by atoms with Crippen LogP contribution in [0.15, 0.2) is 53.1 Å². The van der Waals surface area contributed by atoms with Gasteiger partial charge in [0.25, 0.3) is 5.91 Å². The van der Waals surface area contributed by atoms with Crippen LogP contribution >= 0.6 is 0 Å². The van der Waals surface area contributed by atoms with Crippen LogP contribution in [-0.4, -0.2) is 17.0 Å². The first-order valence-corrected chi connectivity index (χ1v) is 6.71. The van der Waals surface area contributed by atoms with Crippen LogP contribution in [0.4, 0.5) is 0 Å². The molecule has 1 aromatic carbocycles. The lowest BCUT2D eigenvalue weighted by Crippen LogP contribution is -2.47. The largest absolute Gasteiger partial charge is 0.481 e. The molecule has 1 aromatic heterocycles. The Morgan fingerprint density at radius 3 is 2.43 bits per heavy atom. The fourth-order valence-corrected chi connectivity index (χ4v) is 2.34. The van der Waals surface area contributed by atoms with Gasteiger partial charge in [0.2, 0.25) is 0 Å². The van der Waals surface area contributed by atoms with Crippen molar-refractivity contribution in [2.45, 2.75) is 25.3 Å². The Bertz CT molecular complexity index is 606. The second kappa shape index (κ2) is 6.26. The second-order valence-corrected chi connectivity index (χ2v) is 4.80. The van der Waals surface area contributed by atoms with Gasteiger partial charge in [-0.3, -0.25) is 9.59 Å². The van der Waals surface area contributed by atoms with Gasteiger partial charge in [0.1, 0.15) is 0 Å². The van der Waals surface area contributed by atoms with E-state index in [0.29, 0.717) is 6.42 Å². The molecule has 5 heteroatoms. The summed E-state index contributed by atoms with van der Waals surface area (Å²) in [5, 5.41) is 12.0. The Kier molecular flexibility index (Phi) is 4.42. The highest BCUT2D eigenvalue weighted by atomic mass is 16.4. The molecule has 2 aromatic rings. The molecule has 1 atom stereocenters. The number of aliphatic carboxylic acids is 1. The summed E-state index contributed by atoms with van der Waals surface area (Å²) in [6.45, 7) is 1.85. The Morgan fingerprint density at radius 2 is 1.90 bits per heavy atom. The van der Waals surface area contributed by atoms with Crippen molar-refractivity contribution in [2.75, 3.05) is 0 Å². The number of carbonyl (C=O) groups is 2. The van der Waals surface area contributed by atoms with E-state index < -0.39 is 17.4 Å². The van der Waals surface area contributed by atoms with Gasteiger partial charge in [-0.15, -0.1) is 0 Å². The fourth-order valence-electron chi connectivity index (χ4n) is 2.34.